The molecule has 0 heterocycles. The van der Waals surface area contributed by atoms with Crippen LogP contribution in [0.25, 0.3) is 0 Å². The monoisotopic (exact) mass is 327 g/mol. The van der Waals surface area contributed by atoms with Crippen LogP contribution in [0, 0.1) is 17.2 Å². The van der Waals surface area contributed by atoms with Crippen LogP contribution in [0.4, 0.5) is 5.69 Å². The minimum absolute atomic E-state index is 0.0726. The summed E-state index contributed by atoms with van der Waals surface area (Å²) in [5, 5.41) is 14.8. The summed E-state index contributed by atoms with van der Waals surface area (Å²) < 4.78 is 0. The molecular weight excluding hydrogens is 302 g/mol. The lowest BCUT2D eigenvalue weighted by Crippen LogP contribution is -2.32. The summed E-state index contributed by atoms with van der Waals surface area (Å²) in [6, 6.07) is 9.54. The first kappa shape index (κ1) is 18.0. The molecule has 2 amide bonds. The van der Waals surface area contributed by atoms with E-state index < -0.39 is 5.41 Å². The van der Waals surface area contributed by atoms with Crippen molar-refractivity contribution in [1.82, 2.24) is 5.32 Å². The van der Waals surface area contributed by atoms with Crippen LogP contribution in [0.1, 0.15) is 51.5 Å². The Balaban J connectivity index is 1.76. The van der Waals surface area contributed by atoms with Gasteiger partial charge < -0.3 is 10.6 Å². The molecule has 0 saturated heterocycles. The van der Waals surface area contributed by atoms with Crippen molar-refractivity contribution in [2.45, 2.75) is 51.4 Å². The molecule has 0 unspecified atom stereocenters. The topological polar surface area (TPSA) is 82.0 Å². The third-order valence-corrected chi connectivity index (χ3v) is 4.55. The van der Waals surface area contributed by atoms with E-state index in [1.807, 2.05) is 26.0 Å². The molecule has 5 nitrogen and oxygen atoms in total. The molecular formula is C19H25N3O2. The second-order valence-corrected chi connectivity index (χ2v) is 6.88. The van der Waals surface area contributed by atoms with Gasteiger partial charge in [-0.05, 0) is 44.4 Å². The highest BCUT2D eigenvalue weighted by Gasteiger charge is 2.22. The zero-order chi connectivity index (χ0) is 17.6. The van der Waals surface area contributed by atoms with Crippen LogP contribution in [0.15, 0.2) is 24.3 Å². The van der Waals surface area contributed by atoms with Gasteiger partial charge in [0.25, 0.3) is 0 Å². The van der Waals surface area contributed by atoms with Crippen molar-refractivity contribution in [3.05, 3.63) is 29.8 Å². The Morgan fingerprint density at radius 2 is 1.83 bits per heavy atom. The number of carbonyl (C=O) groups excluding carboxylic acids is 2. The fourth-order valence-corrected chi connectivity index (χ4v) is 2.89. The summed E-state index contributed by atoms with van der Waals surface area (Å²) in [5.41, 5.74) is 1.05. The number of nitriles is 1. The molecule has 24 heavy (non-hydrogen) atoms. The van der Waals surface area contributed by atoms with Crippen LogP contribution in [0.3, 0.4) is 0 Å². The van der Waals surface area contributed by atoms with Crippen LogP contribution < -0.4 is 10.6 Å². The van der Waals surface area contributed by atoms with E-state index in [9.17, 15) is 9.59 Å². The van der Waals surface area contributed by atoms with E-state index in [-0.39, 0.29) is 24.2 Å². The summed E-state index contributed by atoms with van der Waals surface area (Å²) in [6.45, 7) is 4.07. The lowest BCUT2D eigenvalue weighted by atomic mass is 9.86. The van der Waals surface area contributed by atoms with E-state index in [1.54, 1.807) is 12.1 Å². The first-order valence-corrected chi connectivity index (χ1v) is 8.52. The van der Waals surface area contributed by atoms with Gasteiger partial charge in [-0.25, -0.2) is 0 Å². The number of benzene rings is 1. The molecule has 1 aliphatic carbocycles. The quantitative estimate of drug-likeness (QED) is 0.842. The van der Waals surface area contributed by atoms with Gasteiger partial charge in [-0.1, -0.05) is 25.0 Å². The summed E-state index contributed by atoms with van der Waals surface area (Å²) in [5.74, 6) is 0.0708. The van der Waals surface area contributed by atoms with Crippen LogP contribution in [0.5, 0.6) is 0 Å². The second kappa shape index (κ2) is 7.96. The lowest BCUT2D eigenvalue weighted by Gasteiger charge is -2.16. The van der Waals surface area contributed by atoms with Gasteiger partial charge >= 0.3 is 0 Å². The number of carbonyl (C=O) groups is 2. The van der Waals surface area contributed by atoms with Gasteiger partial charge in [0.15, 0.2) is 0 Å². The number of nitrogens with one attached hydrogen (secondary N) is 2. The molecule has 1 saturated carbocycles. The van der Waals surface area contributed by atoms with Gasteiger partial charge in [-0.2, -0.15) is 5.26 Å². The van der Waals surface area contributed by atoms with Crippen molar-refractivity contribution < 1.29 is 9.59 Å². The van der Waals surface area contributed by atoms with Crippen LogP contribution in [-0.4, -0.2) is 18.4 Å². The molecule has 2 rings (SSSR count). The maximum atomic E-state index is 11.9. The van der Waals surface area contributed by atoms with Crippen LogP contribution >= 0.6 is 0 Å². The van der Waals surface area contributed by atoms with Crippen molar-refractivity contribution in [2.24, 2.45) is 5.92 Å². The maximum Gasteiger partial charge on any atom is 0.226 e. The van der Waals surface area contributed by atoms with Crippen molar-refractivity contribution in [2.75, 3.05) is 11.9 Å². The summed E-state index contributed by atoms with van der Waals surface area (Å²) in [7, 11) is 0. The Kier molecular flexibility index (Phi) is 5.97. The van der Waals surface area contributed by atoms with Gasteiger partial charge in [0.1, 0.15) is 0 Å². The molecule has 2 N–H and O–H groups in total. The Labute approximate surface area is 143 Å². The van der Waals surface area contributed by atoms with Gasteiger partial charge in [0, 0.05) is 24.6 Å². The van der Waals surface area contributed by atoms with Gasteiger partial charge in [0.05, 0.1) is 11.5 Å². The molecule has 0 radical (unpaired) electrons. The predicted molar refractivity (Wildman–Crippen MR) is 93.3 cm³/mol. The number of rotatable bonds is 6. The number of anilines is 1. The minimum Gasteiger partial charge on any atom is -0.355 e. The fraction of sp³-hybridized carbons (Fsp3) is 0.526. The van der Waals surface area contributed by atoms with Crippen LogP contribution in [-0.2, 0) is 15.0 Å². The van der Waals surface area contributed by atoms with Crippen molar-refractivity contribution in [3.8, 4) is 6.07 Å². The average molecular weight is 327 g/mol. The number of amides is 2. The van der Waals surface area contributed by atoms with Crippen LogP contribution in [0.2, 0.25) is 0 Å². The van der Waals surface area contributed by atoms with Crippen molar-refractivity contribution in [3.63, 3.8) is 0 Å². The first-order valence-electron chi connectivity index (χ1n) is 8.52. The van der Waals surface area contributed by atoms with E-state index in [0.29, 0.717) is 12.2 Å². The predicted octanol–water partition coefficient (Wildman–Crippen LogP) is 3.12. The van der Waals surface area contributed by atoms with Gasteiger partial charge in [-0.15, -0.1) is 0 Å². The van der Waals surface area contributed by atoms with E-state index in [4.69, 9.17) is 5.26 Å². The molecule has 1 fully saturated rings. The van der Waals surface area contributed by atoms with Crippen molar-refractivity contribution in [1.29, 1.82) is 5.26 Å². The zero-order valence-electron chi connectivity index (χ0n) is 14.4. The molecule has 0 aromatic heterocycles. The Hall–Kier alpha value is -2.35. The summed E-state index contributed by atoms with van der Waals surface area (Å²) >= 11 is 0. The van der Waals surface area contributed by atoms with Gasteiger partial charge in [-0.3, -0.25) is 9.59 Å². The molecule has 0 spiro atoms. The molecule has 0 atom stereocenters. The highest BCUT2D eigenvalue weighted by molar-refractivity contribution is 5.91. The normalized spacial score (nSPS) is 14.9. The van der Waals surface area contributed by atoms with E-state index >= 15 is 0 Å². The van der Waals surface area contributed by atoms with E-state index in [1.165, 1.54) is 0 Å². The largest absolute Gasteiger partial charge is 0.355 e. The SMILES string of the molecule is CC(C)(C#N)c1ccc(NC(=O)CCNC(=O)C2CCCC2)cc1. The minimum atomic E-state index is -0.549. The molecule has 5 heteroatoms. The molecule has 1 aromatic rings. The molecule has 0 bridgehead atoms. The zero-order valence-corrected chi connectivity index (χ0v) is 14.4. The number of hydrogen-bond acceptors (Lipinski definition) is 3. The lowest BCUT2D eigenvalue weighted by molar-refractivity contribution is -0.124. The summed E-state index contributed by atoms with van der Waals surface area (Å²) in [4.78, 5) is 23.8. The highest BCUT2D eigenvalue weighted by atomic mass is 16.2. The van der Waals surface area contributed by atoms with Gasteiger partial charge in [0.2, 0.25) is 11.8 Å². The third kappa shape index (κ3) is 4.82. The standard InChI is InChI=1S/C19H25N3O2/c1-19(2,13-20)15-7-9-16(10-8-15)22-17(23)11-12-21-18(24)14-5-3-4-6-14/h7-10,14H,3-6,11-12H2,1-2H3,(H,21,24)(H,22,23). The summed E-state index contributed by atoms with van der Waals surface area (Å²) in [6.07, 6.45) is 4.42. The average Bonchev–Trinajstić information content (AvgIpc) is 3.10. The van der Waals surface area contributed by atoms with E-state index in [0.717, 1.165) is 31.2 Å². The maximum absolute atomic E-state index is 11.9. The smallest absolute Gasteiger partial charge is 0.226 e. The van der Waals surface area contributed by atoms with E-state index in [2.05, 4.69) is 16.7 Å². The number of hydrogen-bond donors (Lipinski definition) is 2. The molecule has 128 valence electrons. The van der Waals surface area contributed by atoms with Crippen molar-refractivity contribution >= 4 is 17.5 Å². The molecule has 1 aromatic carbocycles. The molecule has 1 aliphatic rings. The highest BCUT2D eigenvalue weighted by Crippen LogP contribution is 2.25. The first-order chi connectivity index (χ1) is 11.4. The third-order valence-electron chi connectivity index (χ3n) is 4.55. The fourth-order valence-electron chi connectivity index (χ4n) is 2.89. The molecule has 0 aliphatic heterocycles. The Morgan fingerprint density at radius 3 is 2.42 bits per heavy atom. The Bertz CT molecular complexity index is 623. The number of nitrogens with zero attached hydrogens (tertiary/aromatic N) is 1. The Morgan fingerprint density at radius 1 is 1.21 bits per heavy atom. The second-order valence-electron chi connectivity index (χ2n) is 6.88.